The Morgan fingerprint density at radius 3 is 3.04 bits per heavy atom. The highest BCUT2D eigenvalue weighted by Crippen LogP contribution is 2.37. The minimum Gasteiger partial charge on any atom is -0.459 e. The molecule has 1 aliphatic heterocycles. The number of hydrogen-bond donors (Lipinski definition) is 0. The van der Waals surface area contributed by atoms with Crippen LogP contribution in [0.4, 0.5) is 0 Å². The molecule has 0 radical (unpaired) electrons. The van der Waals surface area contributed by atoms with Crippen LogP contribution in [0.15, 0.2) is 28.3 Å². The van der Waals surface area contributed by atoms with Crippen LogP contribution in [0.2, 0.25) is 0 Å². The van der Waals surface area contributed by atoms with Crippen molar-refractivity contribution in [2.24, 2.45) is 0 Å². The number of imidazole rings is 1. The number of thiazole rings is 1. The van der Waals surface area contributed by atoms with Crippen molar-refractivity contribution in [1.82, 2.24) is 19.4 Å². The van der Waals surface area contributed by atoms with Gasteiger partial charge in [0.05, 0.1) is 17.7 Å². The molecule has 0 saturated heterocycles. The highest BCUT2D eigenvalue weighted by molar-refractivity contribution is 7.13. The smallest absolute Gasteiger partial charge is 0.162 e. The van der Waals surface area contributed by atoms with Crippen LogP contribution < -0.4 is 0 Å². The average Bonchev–Trinajstić information content (AvgIpc) is 2.97. The van der Waals surface area contributed by atoms with E-state index >= 15 is 0 Å². The van der Waals surface area contributed by atoms with E-state index < -0.39 is 0 Å². The van der Waals surface area contributed by atoms with Crippen molar-refractivity contribution in [3.63, 3.8) is 0 Å². The molecule has 1 aliphatic carbocycles. The largest absolute Gasteiger partial charge is 0.459 e. The quantitative estimate of drug-likeness (QED) is 0.725. The summed E-state index contributed by atoms with van der Waals surface area (Å²) in [7, 11) is 0. The molecule has 0 atom stereocenters. The lowest BCUT2D eigenvalue weighted by atomic mass is 10.1. The van der Waals surface area contributed by atoms with E-state index in [9.17, 15) is 0 Å². The second-order valence-electron chi connectivity index (χ2n) is 6.79. The van der Waals surface area contributed by atoms with Crippen molar-refractivity contribution in [2.45, 2.75) is 45.3 Å². The maximum absolute atomic E-state index is 5.67. The number of furan rings is 1. The van der Waals surface area contributed by atoms with Gasteiger partial charge < -0.3 is 8.98 Å². The molecule has 0 aromatic carbocycles. The highest BCUT2D eigenvalue weighted by Gasteiger charge is 2.29. The highest BCUT2D eigenvalue weighted by atomic mass is 32.1. The van der Waals surface area contributed by atoms with E-state index in [1.165, 1.54) is 24.2 Å². The van der Waals surface area contributed by atoms with Crippen LogP contribution in [0.5, 0.6) is 0 Å². The summed E-state index contributed by atoms with van der Waals surface area (Å²) in [5.41, 5.74) is 3.83. The molecular formula is C18H20N4OS. The third kappa shape index (κ3) is 2.59. The minimum atomic E-state index is 0.727. The molecule has 0 spiro atoms. The molecule has 124 valence electrons. The fourth-order valence-electron chi connectivity index (χ4n) is 3.46. The van der Waals surface area contributed by atoms with Gasteiger partial charge in [-0.05, 0) is 31.9 Å². The Morgan fingerprint density at radius 1 is 1.33 bits per heavy atom. The predicted octanol–water partition coefficient (Wildman–Crippen LogP) is 3.80. The van der Waals surface area contributed by atoms with Gasteiger partial charge in [-0.3, -0.25) is 4.90 Å². The normalized spacial score (nSPS) is 18.0. The first-order chi connectivity index (χ1) is 11.8. The van der Waals surface area contributed by atoms with E-state index in [1.807, 2.05) is 25.4 Å². The first-order valence-electron chi connectivity index (χ1n) is 8.54. The van der Waals surface area contributed by atoms with Gasteiger partial charge >= 0.3 is 0 Å². The lowest BCUT2D eigenvalue weighted by Crippen LogP contribution is -2.31. The third-order valence-corrected chi connectivity index (χ3v) is 5.76. The summed E-state index contributed by atoms with van der Waals surface area (Å²) >= 11 is 1.66. The van der Waals surface area contributed by atoms with Crippen LogP contribution in [0.25, 0.3) is 10.8 Å². The summed E-state index contributed by atoms with van der Waals surface area (Å²) < 4.78 is 8.08. The number of aryl methyl sites for hydroxylation is 1. The van der Waals surface area contributed by atoms with Crippen LogP contribution in [0, 0.1) is 6.92 Å². The Morgan fingerprint density at radius 2 is 2.25 bits per heavy atom. The second-order valence-corrected chi connectivity index (χ2v) is 7.65. The molecule has 3 aromatic heterocycles. The van der Waals surface area contributed by atoms with Gasteiger partial charge in [0, 0.05) is 43.2 Å². The van der Waals surface area contributed by atoms with E-state index in [2.05, 4.69) is 19.8 Å². The number of aromatic nitrogens is 3. The van der Waals surface area contributed by atoms with Crippen molar-refractivity contribution in [1.29, 1.82) is 0 Å². The molecule has 3 aromatic rings. The summed E-state index contributed by atoms with van der Waals surface area (Å²) in [4.78, 5) is 11.8. The third-order valence-electron chi connectivity index (χ3n) is 4.85. The first-order valence-corrected chi connectivity index (χ1v) is 9.42. The molecule has 6 heteroatoms. The molecule has 4 heterocycles. The van der Waals surface area contributed by atoms with E-state index in [0.717, 1.165) is 54.3 Å². The van der Waals surface area contributed by atoms with Crippen molar-refractivity contribution in [3.05, 3.63) is 46.7 Å². The zero-order valence-corrected chi connectivity index (χ0v) is 14.6. The Bertz CT molecular complexity index is 873. The monoisotopic (exact) mass is 340 g/mol. The number of fused-ring (bicyclic) bond motifs is 1. The summed E-state index contributed by atoms with van der Waals surface area (Å²) in [6.07, 6.45) is 5.78. The molecule has 24 heavy (non-hydrogen) atoms. The van der Waals surface area contributed by atoms with Gasteiger partial charge in [0.25, 0.3) is 0 Å². The molecule has 1 fully saturated rings. The molecule has 0 unspecified atom stereocenters. The van der Waals surface area contributed by atoms with Crippen molar-refractivity contribution in [3.8, 4) is 10.8 Å². The Hall–Kier alpha value is -1.92. The molecule has 5 nitrogen and oxygen atoms in total. The van der Waals surface area contributed by atoms with Crippen molar-refractivity contribution in [2.75, 3.05) is 6.54 Å². The van der Waals surface area contributed by atoms with Gasteiger partial charge in [0.15, 0.2) is 10.8 Å². The minimum absolute atomic E-state index is 0.727. The lowest BCUT2D eigenvalue weighted by Gasteiger charge is -2.26. The van der Waals surface area contributed by atoms with Crippen LogP contribution in [0.3, 0.4) is 0 Å². The fraction of sp³-hybridized carbons (Fsp3) is 0.444. The molecule has 5 rings (SSSR count). The molecule has 0 amide bonds. The summed E-state index contributed by atoms with van der Waals surface area (Å²) in [6.45, 7) is 4.86. The number of nitrogens with zero attached hydrogens (tertiary/aromatic N) is 4. The summed E-state index contributed by atoms with van der Waals surface area (Å²) in [6, 6.07) is 4.71. The van der Waals surface area contributed by atoms with Crippen LogP contribution in [-0.4, -0.2) is 26.0 Å². The average molecular weight is 340 g/mol. The van der Waals surface area contributed by atoms with Gasteiger partial charge in [-0.25, -0.2) is 9.97 Å². The van der Waals surface area contributed by atoms with Gasteiger partial charge in [0.2, 0.25) is 0 Å². The molecule has 2 aliphatic rings. The van der Waals surface area contributed by atoms with Crippen LogP contribution >= 0.6 is 11.3 Å². The maximum Gasteiger partial charge on any atom is 0.162 e. The Kier molecular flexibility index (Phi) is 3.35. The molecule has 1 saturated carbocycles. The van der Waals surface area contributed by atoms with Gasteiger partial charge in [0.1, 0.15) is 5.76 Å². The SMILES string of the molecule is Cc1ccc(-c2nc(CN3CCc4c(ncn4C4CC4)C3)cs2)o1. The van der Waals surface area contributed by atoms with Gasteiger partial charge in [-0.1, -0.05) is 0 Å². The van der Waals surface area contributed by atoms with Crippen molar-refractivity contribution >= 4 is 11.3 Å². The van der Waals surface area contributed by atoms with Crippen molar-refractivity contribution < 1.29 is 4.42 Å². The molecule has 0 bridgehead atoms. The van der Waals surface area contributed by atoms with Crippen LogP contribution in [-0.2, 0) is 19.5 Å². The van der Waals surface area contributed by atoms with E-state index in [1.54, 1.807) is 11.3 Å². The molecular weight excluding hydrogens is 320 g/mol. The van der Waals surface area contributed by atoms with Gasteiger partial charge in [-0.2, -0.15) is 0 Å². The Balaban J connectivity index is 1.29. The fourth-order valence-corrected chi connectivity index (χ4v) is 4.23. The predicted molar refractivity (Wildman–Crippen MR) is 92.9 cm³/mol. The number of rotatable bonds is 4. The topological polar surface area (TPSA) is 47.1 Å². The second kappa shape index (κ2) is 5.57. The first kappa shape index (κ1) is 14.4. The molecule has 0 N–H and O–H groups in total. The number of hydrogen-bond acceptors (Lipinski definition) is 5. The summed E-state index contributed by atoms with van der Waals surface area (Å²) in [5.74, 6) is 1.80. The van der Waals surface area contributed by atoms with Crippen LogP contribution in [0.1, 0.15) is 41.7 Å². The van der Waals surface area contributed by atoms with E-state index in [0.29, 0.717) is 0 Å². The van der Waals surface area contributed by atoms with E-state index in [-0.39, 0.29) is 0 Å². The Labute approximate surface area is 145 Å². The van der Waals surface area contributed by atoms with E-state index in [4.69, 9.17) is 9.40 Å². The summed E-state index contributed by atoms with van der Waals surface area (Å²) in [5, 5.41) is 3.11. The maximum atomic E-state index is 5.67. The lowest BCUT2D eigenvalue weighted by molar-refractivity contribution is 0.237. The van der Waals surface area contributed by atoms with Gasteiger partial charge in [-0.15, -0.1) is 11.3 Å². The zero-order chi connectivity index (χ0) is 16.1. The zero-order valence-electron chi connectivity index (χ0n) is 13.7. The standard InChI is InChI=1S/C18H20N4OS/c1-12-2-5-17(23-12)18-20-13(10-24-18)8-21-7-6-16-15(9-21)19-11-22(16)14-3-4-14/h2,5,10-11,14H,3-4,6-9H2,1H3.